The summed E-state index contributed by atoms with van der Waals surface area (Å²) in [4.78, 5) is 39.6. The van der Waals surface area contributed by atoms with Gasteiger partial charge in [0.05, 0.1) is 42.1 Å². The number of aliphatic hydroxyl groups is 2. The van der Waals surface area contributed by atoms with Gasteiger partial charge in [0.2, 0.25) is 5.78 Å². The van der Waals surface area contributed by atoms with Gasteiger partial charge in [-0.3, -0.25) is 14.4 Å². The molecule has 6 atom stereocenters. The average molecular weight is 528 g/mol. The van der Waals surface area contributed by atoms with Crippen molar-refractivity contribution in [3.63, 3.8) is 0 Å². The minimum Gasteiger partial charge on any atom is -0.507 e. The lowest BCUT2D eigenvalue weighted by Crippen LogP contribution is -2.52. The van der Waals surface area contributed by atoms with Gasteiger partial charge in [-0.25, -0.2) is 0 Å². The number of hydrogen-bond acceptors (Lipinski definition) is 11. The minimum atomic E-state index is -1.06. The summed E-state index contributed by atoms with van der Waals surface area (Å²) in [5, 5.41) is 42.4. The lowest BCUT2D eigenvalue weighted by Gasteiger charge is -2.40. The van der Waals surface area contributed by atoms with Crippen molar-refractivity contribution in [1.29, 1.82) is 0 Å². The zero-order valence-corrected chi connectivity index (χ0v) is 20.8. The quantitative estimate of drug-likeness (QED) is 0.297. The van der Waals surface area contributed by atoms with Crippen molar-refractivity contribution < 1.29 is 49.0 Å². The third kappa shape index (κ3) is 3.98. The van der Waals surface area contributed by atoms with Crippen molar-refractivity contribution in [2.75, 3.05) is 13.7 Å². The Balaban J connectivity index is 1.65. The molecule has 5 rings (SSSR count). The smallest absolute Gasteiger partial charge is 0.202 e. The monoisotopic (exact) mass is 527 g/mol. The topological polar surface area (TPSA) is 186 Å². The summed E-state index contributed by atoms with van der Waals surface area (Å²) < 4.78 is 17.2. The van der Waals surface area contributed by atoms with Crippen LogP contribution in [0.15, 0.2) is 18.2 Å². The lowest BCUT2D eigenvalue weighted by atomic mass is 9.73. The average Bonchev–Trinajstić information content (AvgIpc) is 2.90. The van der Waals surface area contributed by atoms with E-state index in [0.29, 0.717) is 0 Å². The molecular weight excluding hydrogens is 498 g/mol. The van der Waals surface area contributed by atoms with Gasteiger partial charge in [0.1, 0.15) is 23.9 Å². The third-order valence-corrected chi connectivity index (χ3v) is 7.71. The maximum Gasteiger partial charge on any atom is 0.202 e. The van der Waals surface area contributed by atoms with E-state index >= 15 is 0 Å². The van der Waals surface area contributed by atoms with E-state index in [-0.39, 0.29) is 58.4 Å². The number of hydrogen-bond donors (Lipinski definition) is 5. The SMILES string of the molecule is COc1cccc2c1C(=O)c1c(O)c3c(c(O)c1C2=O)C[C@H](C(=O)CO)C[C@@H]3O[C@H]1C[C@H](N)[C@H](O)[C@H](C)O1. The number of aromatic hydroxyl groups is 2. The molecule has 0 aromatic heterocycles. The molecule has 11 nitrogen and oxygen atoms in total. The molecule has 2 aromatic carbocycles. The minimum absolute atomic E-state index is 0.00621. The fourth-order valence-corrected chi connectivity index (χ4v) is 5.73. The number of rotatable bonds is 5. The molecule has 202 valence electrons. The number of phenols is 2. The molecule has 38 heavy (non-hydrogen) atoms. The maximum absolute atomic E-state index is 13.6. The first-order valence-corrected chi connectivity index (χ1v) is 12.3. The Labute approximate surface area is 217 Å². The van der Waals surface area contributed by atoms with Gasteiger partial charge in [0, 0.05) is 35.1 Å². The Morgan fingerprint density at radius 3 is 2.47 bits per heavy atom. The largest absolute Gasteiger partial charge is 0.507 e. The van der Waals surface area contributed by atoms with Crippen LogP contribution in [-0.4, -0.2) is 76.0 Å². The molecule has 0 unspecified atom stereocenters. The van der Waals surface area contributed by atoms with E-state index in [9.17, 15) is 34.8 Å². The summed E-state index contributed by atoms with van der Waals surface area (Å²) in [6.45, 7) is 0.880. The third-order valence-electron chi connectivity index (χ3n) is 7.71. The van der Waals surface area contributed by atoms with Gasteiger partial charge in [-0.1, -0.05) is 12.1 Å². The van der Waals surface area contributed by atoms with Crippen LogP contribution in [0, 0.1) is 5.92 Å². The fraction of sp³-hybridized carbons (Fsp3) is 0.444. The Bertz CT molecular complexity index is 1330. The molecule has 0 spiro atoms. The molecule has 0 radical (unpaired) electrons. The first-order valence-electron chi connectivity index (χ1n) is 12.3. The van der Waals surface area contributed by atoms with Crippen LogP contribution in [0.3, 0.4) is 0 Å². The Kier molecular flexibility index (Phi) is 6.74. The normalized spacial score (nSPS) is 28.3. The summed E-state index contributed by atoms with van der Waals surface area (Å²) in [5.41, 5.74) is 5.39. The number of ketones is 3. The van der Waals surface area contributed by atoms with Crippen LogP contribution in [0.4, 0.5) is 0 Å². The van der Waals surface area contributed by atoms with Crippen LogP contribution in [0.25, 0.3) is 0 Å². The Hall–Kier alpha value is -3.35. The molecule has 2 aliphatic carbocycles. The highest BCUT2D eigenvalue weighted by atomic mass is 16.7. The highest BCUT2D eigenvalue weighted by Crippen LogP contribution is 2.51. The van der Waals surface area contributed by atoms with Crippen LogP contribution >= 0.6 is 0 Å². The molecule has 0 amide bonds. The predicted molar refractivity (Wildman–Crippen MR) is 130 cm³/mol. The standard InChI is InChI=1S/C27H29NO10/c1-10-23(31)14(28)8-18(37-10)38-17-7-11(15(30)9-29)6-13-20(17)27(35)22-21(25(13)33)24(32)12-4-3-5-16(36-2)19(12)26(22)34/h3-5,10-11,14,17-18,23,29,31,33,35H,6-9,28H2,1-2H3/t10-,11-,14-,17-,18-,23+/m0/s1. The van der Waals surface area contributed by atoms with Crippen LogP contribution in [0.5, 0.6) is 17.2 Å². The van der Waals surface area contributed by atoms with Crippen molar-refractivity contribution in [3.8, 4) is 17.2 Å². The molecule has 2 aromatic rings. The molecule has 11 heteroatoms. The van der Waals surface area contributed by atoms with E-state index < -0.39 is 72.0 Å². The molecule has 1 saturated heterocycles. The molecule has 0 bridgehead atoms. The van der Waals surface area contributed by atoms with E-state index in [1.807, 2.05) is 0 Å². The summed E-state index contributed by atoms with van der Waals surface area (Å²) in [7, 11) is 1.35. The van der Waals surface area contributed by atoms with E-state index in [1.165, 1.54) is 25.3 Å². The lowest BCUT2D eigenvalue weighted by molar-refractivity contribution is -0.243. The molecule has 1 fully saturated rings. The van der Waals surface area contributed by atoms with Gasteiger partial charge in [-0.05, 0) is 25.8 Å². The molecule has 1 aliphatic heterocycles. The number of fused-ring (bicyclic) bond motifs is 3. The van der Waals surface area contributed by atoms with E-state index in [0.717, 1.165) is 0 Å². The predicted octanol–water partition coefficient (Wildman–Crippen LogP) is 0.886. The number of benzene rings is 2. The fourth-order valence-electron chi connectivity index (χ4n) is 5.73. The second kappa shape index (κ2) is 9.75. The van der Waals surface area contributed by atoms with Gasteiger partial charge in [-0.2, -0.15) is 0 Å². The van der Waals surface area contributed by atoms with Crippen molar-refractivity contribution in [2.24, 2.45) is 11.7 Å². The second-order valence-electron chi connectivity index (χ2n) is 9.93. The molecular formula is C27H29NO10. The highest BCUT2D eigenvalue weighted by Gasteiger charge is 2.45. The highest BCUT2D eigenvalue weighted by molar-refractivity contribution is 6.31. The van der Waals surface area contributed by atoms with Crippen LogP contribution in [0.1, 0.15) is 68.8 Å². The van der Waals surface area contributed by atoms with Crippen molar-refractivity contribution >= 4 is 17.3 Å². The number of ether oxygens (including phenoxy) is 3. The molecule has 0 saturated carbocycles. The van der Waals surface area contributed by atoms with E-state index in [4.69, 9.17) is 19.9 Å². The van der Waals surface area contributed by atoms with E-state index in [2.05, 4.69) is 0 Å². The number of carbonyl (C=O) groups excluding carboxylic acids is 3. The number of aliphatic hydroxyl groups excluding tert-OH is 2. The maximum atomic E-state index is 13.6. The molecule has 3 aliphatic rings. The zero-order chi connectivity index (χ0) is 27.5. The molecule has 6 N–H and O–H groups in total. The van der Waals surface area contributed by atoms with Gasteiger partial charge >= 0.3 is 0 Å². The van der Waals surface area contributed by atoms with Crippen molar-refractivity contribution in [2.45, 2.75) is 56.8 Å². The number of methoxy groups -OCH3 is 1. The van der Waals surface area contributed by atoms with Gasteiger partial charge in [0.15, 0.2) is 17.9 Å². The summed E-state index contributed by atoms with van der Waals surface area (Å²) in [5.74, 6) is -3.64. The van der Waals surface area contributed by atoms with E-state index in [1.54, 1.807) is 6.92 Å². The summed E-state index contributed by atoms with van der Waals surface area (Å²) in [6, 6.07) is 3.83. The van der Waals surface area contributed by atoms with Crippen LogP contribution in [0.2, 0.25) is 0 Å². The molecule has 1 heterocycles. The zero-order valence-electron chi connectivity index (χ0n) is 20.8. The van der Waals surface area contributed by atoms with Gasteiger partial charge in [-0.15, -0.1) is 0 Å². The first-order chi connectivity index (χ1) is 18.1. The Morgan fingerprint density at radius 2 is 1.82 bits per heavy atom. The van der Waals surface area contributed by atoms with Crippen molar-refractivity contribution in [1.82, 2.24) is 0 Å². The number of nitrogens with two attached hydrogens (primary N) is 1. The first kappa shape index (κ1) is 26.3. The Morgan fingerprint density at radius 1 is 1.11 bits per heavy atom. The van der Waals surface area contributed by atoms with Gasteiger partial charge < -0.3 is 40.4 Å². The second-order valence-corrected chi connectivity index (χ2v) is 9.93. The summed E-state index contributed by atoms with van der Waals surface area (Å²) >= 11 is 0. The number of carbonyl (C=O) groups is 3. The number of phenolic OH excluding ortho intramolecular Hbond substituents is 2. The van der Waals surface area contributed by atoms with Crippen molar-refractivity contribution in [3.05, 3.63) is 51.6 Å². The number of Topliss-reactive ketones (excluding diaryl/α,β-unsaturated/α-hetero) is 1. The van der Waals surface area contributed by atoms with Crippen LogP contribution < -0.4 is 10.5 Å². The summed E-state index contributed by atoms with van der Waals surface area (Å²) in [6.07, 6.45) is -3.54. The van der Waals surface area contributed by atoms with Crippen LogP contribution in [-0.2, 0) is 20.7 Å². The van der Waals surface area contributed by atoms with Gasteiger partial charge in [0.25, 0.3) is 0 Å².